The Kier molecular flexibility index (Phi) is 4.90. The van der Waals surface area contributed by atoms with Crippen LogP contribution in [0.3, 0.4) is 0 Å². The molecule has 0 heterocycles. The van der Waals surface area contributed by atoms with E-state index in [9.17, 15) is 9.18 Å². The molecule has 0 aromatic heterocycles. The van der Waals surface area contributed by atoms with Gasteiger partial charge in [0, 0.05) is 7.05 Å². The number of rotatable bonds is 4. The van der Waals surface area contributed by atoms with E-state index in [4.69, 9.17) is 4.74 Å². The number of carbonyl (C=O) groups excluding carboxylic acids is 1. The molecule has 2 aromatic carbocycles. The average Bonchev–Trinajstić information content (AvgIpc) is 3.00. The Morgan fingerprint density at radius 1 is 1.33 bits per heavy atom. The van der Waals surface area contributed by atoms with Crippen LogP contribution in [-0.4, -0.2) is 24.0 Å². The third-order valence-electron chi connectivity index (χ3n) is 4.46. The Morgan fingerprint density at radius 2 is 2.08 bits per heavy atom. The zero-order valence-electron chi connectivity index (χ0n) is 13.6. The average molecular weight is 392 g/mol. The molecule has 2 atom stereocenters. The number of ether oxygens (including phenoxy) is 1. The molecular weight excluding hydrogens is 373 g/mol. The molecule has 1 amide bonds. The highest BCUT2D eigenvalue weighted by Crippen LogP contribution is 2.35. The van der Waals surface area contributed by atoms with Crippen molar-refractivity contribution in [2.75, 3.05) is 7.05 Å². The zero-order valence-corrected chi connectivity index (χ0v) is 15.2. The lowest BCUT2D eigenvalue weighted by molar-refractivity contribution is -0.138. The number of nitrogens with zero attached hydrogens (tertiary/aromatic N) is 1. The summed E-state index contributed by atoms with van der Waals surface area (Å²) in [6, 6.07) is 12.5. The van der Waals surface area contributed by atoms with Crippen LogP contribution < -0.4 is 4.74 Å². The normalized spacial score (nSPS) is 17.2. The van der Waals surface area contributed by atoms with Crippen LogP contribution in [0.25, 0.3) is 0 Å². The van der Waals surface area contributed by atoms with E-state index in [0.717, 1.165) is 12.8 Å². The molecule has 2 aromatic rings. The second-order valence-corrected chi connectivity index (χ2v) is 6.89. The first-order chi connectivity index (χ1) is 11.5. The van der Waals surface area contributed by atoms with Crippen LogP contribution in [0.1, 0.15) is 30.5 Å². The van der Waals surface area contributed by atoms with E-state index in [1.807, 2.05) is 19.2 Å². The molecule has 0 N–H and O–H groups in total. The van der Waals surface area contributed by atoms with Crippen LogP contribution in [0.2, 0.25) is 0 Å². The summed E-state index contributed by atoms with van der Waals surface area (Å²) in [7, 11) is 1.81. The molecule has 1 aliphatic rings. The second kappa shape index (κ2) is 6.93. The van der Waals surface area contributed by atoms with Gasteiger partial charge in [-0.2, -0.15) is 0 Å². The van der Waals surface area contributed by atoms with Crippen molar-refractivity contribution in [3.63, 3.8) is 0 Å². The van der Waals surface area contributed by atoms with Gasteiger partial charge in [-0.05, 0) is 65.0 Å². The van der Waals surface area contributed by atoms with Crippen molar-refractivity contribution in [1.29, 1.82) is 0 Å². The van der Waals surface area contributed by atoms with Gasteiger partial charge in [0.1, 0.15) is 11.6 Å². The van der Waals surface area contributed by atoms with E-state index in [1.165, 1.54) is 29.3 Å². The number of likely N-dealkylation sites (N-methyl/N-ethyl adjacent to an activating group) is 1. The van der Waals surface area contributed by atoms with Gasteiger partial charge < -0.3 is 9.64 Å². The third-order valence-corrected chi connectivity index (χ3v) is 5.08. The minimum absolute atomic E-state index is 0.0800. The van der Waals surface area contributed by atoms with E-state index in [2.05, 4.69) is 28.1 Å². The molecule has 0 radical (unpaired) electrons. The summed E-state index contributed by atoms with van der Waals surface area (Å²) in [6.45, 7) is 1.72. The topological polar surface area (TPSA) is 29.5 Å². The SMILES string of the molecule is CC(Oc1ccc(F)cc1Br)C(=O)N(C)C1CCc2ccccc21. The van der Waals surface area contributed by atoms with Crippen molar-refractivity contribution < 1.29 is 13.9 Å². The molecule has 0 aliphatic heterocycles. The lowest BCUT2D eigenvalue weighted by Crippen LogP contribution is -2.39. The number of aryl methyl sites for hydroxylation is 1. The maximum atomic E-state index is 13.2. The lowest BCUT2D eigenvalue weighted by atomic mass is 10.1. The lowest BCUT2D eigenvalue weighted by Gasteiger charge is -2.28. The van der Waals surface area contributed by atoms with Crippen LogP contribution in [-0.2, 0) is 11.2 Å². The van der Waals surface area contributed by atoms with Crippen LogP contribution in [0.4, 0.5) is 4.39 Å². The molecule has 0 spiro atoms. The number of benzene rings is 2. The molecule has 1 aliphatic carbocycles. The van der Waals surface area contributed by atoms with E-state index in [-0.39, 0.29) is 17.8 Å². The van der Waals surface area contributed by atoms with Gasteiger partial charge in [-0.1, -0.05) is 24.3 Å². The maximum absolute atomic E-state index is 13.2. The van der Waals surface area contributed by atoms with Gasteiger partial charge in [0.05, 0.1) is 10.5 Å². The fourth-order valence-electron chi connectivity index (χ4n) is 3.19. The minimum Gasteiger partial charge on any atom is -0.480 e. The summed E-state index contributed by atoms with van der Waals surface area (Å²) in [4.78, 5) is 14.5. The molecule has 3 nitrogen and oxygen atoms in total. The summed E-state index contributed by atoms with van der Waals surface area (Å²) in [6.07, 6.45) is 1.26. The summed E-state index contributed by atoms with van der Waals surface area (Å²) in [5.41, 5.74) is 2.51. The smallest absolute Gasteiger partial charge is 0.263 e. The van der Waals surface area contributed by atoms with Gasteiger partial charge in [-0.3, -0.25) is 4.79 Å². The van der Waals surface area contributed by atoms with Gasteiger partial charge in [0.2, 0.25) is 0 Å². The molecule has 0 fully saturated rings. The van der Waals surface area contributed by atoms with Gasteiger partial charge in [0.25, 0.3) is 5.91 Å². The fourth-order valence-corrected chi connectivity index (χ4v) is 3.63. The van der Waals surface area contributed by atoms with Crippen molar-refractivity contribution in [1.82, 2.24) is 4.90 Å². The molecule has 2 unspecified atom stereocenters. The highest BCUT2D eigenvalue weighted by Gasteiger charge is 2.31. The summed E-state index contributed by atoms with van der Waals surface area (Å²) >= 11 is 3.26. The molecule has 0 saturated heterocycles. The van der Waals surface area contributed by atoms with E-state index >= 15 is 0 Å². The van der Waals surface area contributed by atoms with Crippen molar-refractivity contribution in [2.24, 2.45) is 0 Å². The second-order valence-electron chi connectivity index (χ2n) is 6.04. The highest BCUT2D eigenvalue weighted by atomic mass is 79.9. The number of carbonyl (C=O) groups is 1. The predicted octanol–water partition coefficient (Wildman–Crippen LogP) is 4.50. The van der Waals surface area contributed by atoms with Gasteiger partial charge >= 0.3 is 0 Å². The van der Waals surface area contributed by atoms with Crippen molar-refractivity contribution in [2.45, 2.75) is 31.9 Å². The van der Waals surface area contributed by atoms with E-state index in [0.29, 0.717) is 10.2 Å². The van der Waals surface area contributed by atoms with Crippen molar-refractivity contribution in [3.8, 4) is 5.75 Å². The highest BCUT2D eigenvalue weighted by molar-refractivity contribution is 9.10. The Balaban J connectivity index is 1.72. The van der Waals surface area contributed by atoms with Crippen LogP contribution >= 0.6 is 15.9 Å². The number of hydrogen-bond acceptors (Lipinski definition) is 2. The first-order valence-electron chi connectivity index (χ1n) is 7.93. The van der Waals surface area contributed by atoms with Gasteiger partial charge in [-0.25, -0.2) is 4.39 Å². The molecule has 5 heteroatoms. The summed E-state index contributed by atoms with van der Waals surface area (Å²) < 4.78 is 19.4. The van der Waals surface area contributed by atoms with Crippen LogP contribution in [0.15, 0.2) is 46.9 Å². The largest absolute Gasteiger partial charge is 0.480 e. The minimum atomic E-state index is -0.649. The zero-order chi connectivity index (χ0) is 17.3. The van der Waals surface area contributed by atoms with E-state index < -0.39 is 6.10 Å². The van der Waals surface area contributed by atoms with Gasteiger partial charge in [-0.15, -0.1) is 0 Å². The fraction of sp³-hybridized carbons (Fsp3) is 0.316. The van der Waals surface area contributed by atoms with Crippen molar-refractivity contribution >= 4 is 21.8 Å². The quantitative estimate of drug-likeness (QED) is 0.767. The third kappa shape index (κ3) is 3.31. The Morgan fingerprint density at radius 3 is 2.83 bits per heavy atom. The summed E-state index contributed by atoms with van der Waals surface area (Å²) in [5.74, 6) is 0.0123. The predicted molar refractivity (Wildman–Crippen MR) is 94.5 cm³/mol. The molecule has 0 saturated carbocycles. The number of amides is 1. The Labute approximate surface area is 149 Å². The summed E-state index contributed by atoms with van der Waals surface area (Å²) in [5, 5.41) is 0. The number of hydrogen-bond donors (Lipinski definition) is 0. The van der Waals surface area contributed by atoms with Crippen LogP contribution in [0, 0.1) is 5.82 Å². The van der Waals surface area contributed by atoms with Crippen molar-refractivity contribution in [3.05, 3.63) is 63.9 Å². The molecule has 24 heavy (non-hydrogen) atoms. The molecule has 126 valence electrons. The standard InChI is InChI=1S/C19H19BrFNO2/c1-12(24-18-10-8-14(21)11-16(18)20)19(23)22(2)17-9-7-13-5-3-4-6-15(13)17/h3-6,8,10-12,17H,7,9H2,1-2H3. The molecular formula is C19H19BrFNO2. The number of halogens is 2. The van der Waals surface area contributed by atoms with Crippen LogP contribution in [0.5, 0.6) is 5.75 Å². The molecule has 0 bridgehead atoms. The Hall–Kier alpha value is -1.88. The Bertz CT molecular complexity index is 765. The maximum Gasteiger partial charge on any atom is 0.263 e. The first kappa shape index (κ1) is 17.0. The van der Waals surface area contributed by atoms with E-state index in [1.54, 1.807) is 11.8 Å². The number of fused-ring (bicyclic) bond motifs is 1. The monoisotopic (exact) mass is 391 g/mol. The first-order valence-corrected chi connectivity index (χ1v) is 8.73. The van der Waals surface area contributed by atoms with Gasteiger partial charge in [0.15, 0.2) is 6.10 Å². The molecule has 3 rings (SSSR count).